The van der Waals surface area contributed by atoms with Crippen molar-refractivity contribution in [3.63, 3.8) is 0 Å². The van der Waals surface area contributed by atoms with Gasteiger partial charge in [0.2, 0.25) is 0 Å². The standard InChI is InChI=1S/C16H12Cl2N2O3S/c1-10-6-16(19-23-10)20-24(21,22)15-4-2-11(3-5-15)12-7-13(17)9-14(18)8-12/h2-9H,1H3,(H,19,20). The molecule has 0 saturated heterocycles. The molecule has 8 heteroatoms. The van der Waals surface area contributed by atoms with Gasteiger partial charge in [0.15, 0.2) is 5.82 Å². The Morgan fingerprint density at radius 2 is 1.58 bits per heavy atom. The summed E-state index contributed by atoms with van der Waals surface area (Å²) >= 11 is 12.0. The van der Waals surface area contributed by atoms with Gasteiger partial charge in [-0.05, 0) is 48.4 Å². The number of sulfonamides is 1. The summed E-state index contributed by atoms with van der Waals surface area (Å²) in [6, 6.07) is 13.0. The zero-order valence-electron chi connectivity index (χ0n) is 12.5. The number of hydrogen-bond donors (Lipinski definition) is 1. The fourth-order valence-corrected chi connectivity index (χ4v) is 3.67. The average Bonchev–Trinajstić information content (AvgIpc) is 2.91. The average molecular weight is 383 g/mol. The van der Waals surface area contributed by atoms with Gasteiger partial charge in [0, 0.05) is 16.1 Å². The van der Waals surface area contributed by atoms with Crippen LogP contribution in [0.1, 0.15) is 5.76 Å². The molecular formula is C16H12Cl2N2O3S. The molecule has 0 atom stereocenters. The molecule has 0 fully saturated rings. The van der Waals surface area contributed by atoms with Crippen molar-refractivity contribution in [1.82, 2.24) is 5.16 Å². The van der Waals surface area contributed by atoms with E-state index in [1.54, 1.807) is 37.3 Å². The molecule has 0 aliphatic rings. The first-order valence-electron chi connectivity index (χ1n) is 6.86. The second-order valence-corrected chi connectivity index (χ2v) is 7.67. The normalized spacial score (nSPS) is 11.5. The van der Waals surface area contributed by atoms with Gasteiger partial charge in [-0.15, -0.1) is 0 Å². The summed E-state index contributed by atoms with van der Waals surface area (Å²) in [4.78, 5) is 0.111. The first kappa shape index (κ1) is 16.8. The molecule has 24 heavy (non-hydrogen) atoms. The molecule has 0 aliphatic heterocycles. The third-order valence-corrected chi connectivity index (χ3v) is 5.03. The van der Waals surface area contributed by atoms with E-state index in [1.807, 2.05) is 0 Å². The van der Waals surface area contributed by atoms with Gasteiger partial charge in [-0.1, -0.05) is 40.5 Å². The summed E-state index contributed by atoms with van der Waals surface area (Å²) in [7, 11) is -3.74. The smallest absolute Gasteiger partial charge is 0.263 e. The third kappa shape index (κ3) is 3.72. The molecule has 1 N–H and O–H groups in total. The van der Waals surface area contributed by atoms with Gasteiger partial charge < -0.3 is 4.52 Å². The van der Waals surface area contributed by atoms with Gasteiger partial charge in [-0.2, -0.15) is 0 Å². The van der Waals surface area contributed by atoms with Crippen molar-refractivity contribution < 1.29 is 12.9 Å². The van der Waals surface area contributed by atoms with E-state index in [4.69, 9.17) is 27.7 Å². The fraction of sp³-hybridized carbons (Fsp3) is 0.0625. The Morgan fingerprint density at radius 1 is 0.958 bits per heavy atom. The van der Waals surface area contributed by atoms with Crippen LogP contribution in [0.4, 0.5) is 5.82 Å². The second kappa shape index (κ2) is 6.47. The van der Waals surface area contributed by atoms with Gasteiger partial charge >= 0.3 is 0 Å². The molecule has 0 bridgehead atoms. The van der Waals surface area contributed by atoms with E-state index < -0.39 is 10.0 Å². The molecule has 0 spiro atoms. The third-order valence-electron chi connectivity index (χ3n) is 3.23. The Labute approximate surface area is 149 Å². The highest BCUT2D eigenvalue weighted by molar-refractivity contribution is 7.92. The van der Waals surface area contributed by atoms with Crippen LogP contribution in [0.2, 0.25) is 10.0 Å². The topological polar surface area (TPSA) is 72.2 Å². The lowest BCUT2D eigenvalue weighted by Gasteiger charge is -2.07. The highest BCUT2D eigenvalue weighted by atomic mass is 35.5. The van der Waals surface area contributed by atoms with Crippen molar-refractivity contribution in [2.24, 2.45) is 0 Å². The molecular weight excluding hydrogens is 371 g/mol. The second-order valence-electron chi connectivity index (χ2n) is 5.11. The maximum atomic E-state index is 12.3. The van der Waals surface area contributed by atoms with Crippen LogP contribution in [0.5, 0.6) is 0 Å². The van der Waals surface area contributed by atoms with Crippen molar-refractivity contribution in [2.75, 3.05) is 4.72 Å². The van der Waals surface area contributed by atoms with E-state index >= 15 is 0 Å². The maximum absolute atomic E-state index is 12.3. The van der Waals surface area contributed by atoms with Gasteiger partial charge in [0.1, 0.15) is 5.76 Å². The predicted octanol–water partition coefficient (Wildman–Crippen LogP) is 4.76. The van der Waals surface area contributed by atoms with Gasteiger partial charge in [0.25, 0.3) is 10.0 Å². The van der Waals surface area contributed by atoms with Gasteiger partial charge in [-0.25, -0.2) is 8.42 Å². The van der Waals surface area contributed by atoms with Gasteiger partial charge in [-0.3, -0.25) is 4.72 Å². The lowest BCUT2D eigenvalue weighted by Crippen LogP contribution is -2.13. The lowest BCUT2D eigenvalue weighted by molar-refractivity contribution is 0.400. The minimum absolute atomic E-state index is 0.111. The number of nitrogens with zero attached hydrogens (tertiary/aromatic N) is 1. The van der Waals surface area contributed by atoms with E-state index in [-0.39, 0.29) is 10.7 Å². The van der Waals surface area contributed by atoms with Crippen molar-refractivity contribution in [3.05, 3.63) is 64.3 Å². The van der Waals surface area contributed by atoms with E-state index in [1.165, 1.54) is 18.2 Å². The quantitative estimate of drug-likeness (QED) is 0.705. The molecule has 1 aromatic heterocycles. The Morgan fingerprint density at radius 3 is 2.12 bits per heavy atom. The molecule has 124 valence electrons. The van der Waals surface area contributed by atoms with E-state index in [0.717, 1.165) is 11.1 Å². The number of rotatable bonds is 4. The van der Waals surface area contributed by atoms with Crippen molar-refractivity contribution in [1.29, 1.82) is 0 Å². The number of hydrogen-bond acceptors (Lipinski definition) is 4. The van der Waals surface area contributed by atoms with Crippen LogP contribution < -0.4 is 4.72 Å². The monoisotopic (exact) mass is 382 g/mol. The van der Waals surface area contributed by atoms with Crippen molar-refractivity contribution >= 4 is 39.0 Å². The number of aromatic nitrogens is 1. The summed E-state index contributed by atoms with van der Waals surface area (Å²) in [5.41, 5.74) is 1.60. The number of aryl methyl sites for hydroxylation is 1. The molecule has 0 aliphatic carbocycles. The number of halogens is 2. The fourth-order valence-electron chi connectivity index (χ4n) is 2.16. The first-order chi connectivity index (χ1) is 11.3. The van der Waals surface area contributed by atoms with Crippen molar-refractivity contribution in [3.8, 4) is 11.1 Å². The minimum atomic E-state index is -3.74. The van der Waals surface area contributed by atoms with Crippen molar-refractivity contribution in [2.45, 2.75) is 11.8 Å². The van der Waals surface area contributed by atoms with E-state index in [9.17, 15) is 8.42 Å². The van der Waals surface area contributed by atoms with E-state index in [2.05, 4.69) is 9.88 Å². The zero-order chi connectivity index (χ0) is 17.3. The van der Waals surface area contributed by atoms with Crippen LogP contribution in [0.3, 0.4) is 0 Å². The molecule has 2 aromatic carbocycles. The van der Waals surface area contributed by atoms with Gasteiger partial charge in [0.05, 0.1) is 4.90 Å². The maximum Gasteiger partial charge on any atom is 0.263 e. The first-order valence-corrected chi connectivity index (χ1v) is 9.10. The van der Waals surface area contributed by atoms with Crippen LogP contribution in [0, 0.1) is 6.92 Å². The SMILES string of the molecule is Cc1cc(NS(=O)(=O)c2ccc(-c3cc(Cl)cc(Cl)c3)cc2)no1. The summed E-state index contributed by atoms with van der Waals surface area (Å²) in [5.74, 6) is 0.652. The predicted molar refractivity (Wildman–Crippen MR) is 93.9 cm³/mol. The lowest BCUT2D eigenvalue weighted by atomic mass is 10.1. The van der Waals surface area contributed by atoms with Crippen LogP contribution in [-0.2, 0) is 10.0 Å². The highest BCUT2D eigenvalue weighted by Gasteiger charge is 2.16. The Hall–Kier alpha value is -2.02. The number of nitrogens with one attached hydrogen (secondary N) is 1. The molecule has 3 rings (SSSR count). The van der Waals surface area contributed by atoms with Crippen LogP contribution in [0.15, 0.2) is 57.9 Å². The molecule has 0 saturated carbocycles. The molecule has 1 heterocycles. The molecule has 5 nitrogen and oxygen atoms in total. The van der Waals surface area contributed by atoms with Crippen LogP contribution in [-0.4, -0.2) is 13.6 Å². The Kier molecular flexibility index (Phi) is 4.54. The zero-order valence-corrected chi connectivity index (χ0v) is 14.8. The molecule has 3 aromatic rings. The van der Waals surface area contributed by atoms with Crippen LogP contribution >= 0.6 is 23.2 Å². The summed E-state index contributed by atoms with van der Waals surface area (Å²) in [6.45, 7) is 1.68. The minimum Gasteiger partial charge on any atom is -0.360 e. The van der Waals surface area contributed by atoms with Crippen LogP contribution in [0.25, 0.3) is 11.1 Å². The summed E-state index contributed by atoms with van der Waals surface area (Å²) < 4.78 is 31.9. The molecule has 0 radical (unpaired) electrons. The number of anilines is 1. The van der Waals surface area contributed by atoms with E-state index in [0.29, 0.717) is 15.8 Å². The molecule has 0 unspecified atom stereocenters. The highest BCUT2D eigenvalue weighted by Crippen LogP contribution is 2.28. The Balaban J connectivity index is 1.88. The Bertz CT molecular complexity index is 963. The number of benzene rings is 2. The summed E-state index contributed by atoms with van der Waals surface area (Å²) in [6.07, 6.45) is 0. The molecule has 0 amide bonds. The summed E-state index contributed by atoms with van der Waals surface area (Å²) in [5, 5.41) is 4.64. The largest absolute Gasteiger partial charge is 0.360 e.